The van der Waals surface area contributed by atoms with Crippen molar-refractivity contribution in [2.45, 2.75) is 45.6 Å². The largest absolute Gasteiger partial charge is 0.482 e. The summed E-state index contributed by atoms with van der Waals surface area (Å²) in [6, 6.07) is 5.60. The van der Waals surface area contributed by atoms with E-state index in [-0.39, 0.29) is 31.0 Å². The van der Waals surface area contributed by atoms with Crippen molar-refractivity contribution >= 4 is 33.4 Å². The first-order valence-corrected chi connectivity index (χ1v) is 8.86. The van der Waals surface area contributed by atoms with Gasteiger partial charge >= 0.3 is 0 Å². The average Bonchev–Trinajstić information content (AvgIpc) is 2.54. The van der Waals surface area contributed by atoms with E-state index in [0.717, 1.165) is 30.2 Å². The number of nitrogens with one attached hydrogen (secondary N) is 1. The first-order valence-electron chi connectivity index (χ1n) is 8.07. The van der Waals surface area contributed by atoms with Crippen LogP contribution in [0.4, 0.5) is 5.69 Å². The van der Waals surface area contributed by atoms with E-state index < -0.39 is 0 Å². The molecule has 1 aliphatic heterocycles. The van der Waals surface area contributed by atoms with Gasteiger partial charge in [0.25, 0.3) is 5.91 Å². The van der Waals surface area contributed by atoms with Gasteiger partial charge in [0.15, 0.2) is 6.61 Å². The number of fused-ring (bicyclic) bond motifs is 1. The lowest BCUT2D eigenvalue weighted by atomic mass is 10.1. The van der Waals surface area contributed by atoms with Gasteiger partial charge < -0.3 is 10.1 Å². The number of anilines is 1. The number of ether oxygens (including phenoxy) is 1. The van der Waals surface area contributed by atoms with Crippen LogP contribution in [0, 0.1) is 0 Å². The molecule has 1 aliphatic rings. The average molecular weight is 383 g/mol. The van der Waals surface area contributed by atoms with Gasteiger partial charge in [-0.15, -0.1) is 0 Å². The summed E-state index contributed by atoms with van der Waals surface area (Å²) in [6.45, 7) is 4.19. The standard InChI is InChI=1S/C17H23BrN2O3/c1-3-5-6-13(4-2)19-16(21)10-20-14-8-7-12(18)9-15(14)23-11-17(20)22/h7-9,13H,3-6,10-11H2,1-2H3,(H,19,21). The van der Waals surface area contributed by atoms with E-state index in [1.54, 1.807) is 6.07 Å². The molecule has 0 spiro atoms. The van der Waals surface area contributed by atoms with Gasteiger partial charge in [-0.2, -0.15) is 0 Å². The maximum absolute atomic E-state index is 12.3. The van der Waals surface area contributed by atoms with E-state index in [4.69, 9.17) is 4.74 Å². The first-order chi connectivity index (χ1) is 11.0. The monoisotopic (exact) mass is 382 g/mol. The third kappa shape index (κ3) is 4.70. The summed E-state index contributed by atoms with van der Waals surface area (Å²) in [4.78, 5) is 25.9. The van der Waals surface area contributed by atoms with E-state index in [1.165, 1.54) is 4.90 Å². The van der Waals surface area contributed by atoms with E-state index in [2.05, 4.69) is 35.1 Å². The number of nitrogens with zero attached hydrogens (tertiary/aromatic N) is 1. The highest BCUT2D eigenvalue weighted by molar-refractivity contribution is 9.10. The lowest BCUT2D eigenvalue weighted by Crippen LogP contribution is -2.47. The molecule has 0 saturated carbocycles. The number of unbranched alkanes of at least 4 members (excludes halogenated alkanes) is 1. The first kappa shape index (κ1) is 17.8. The maximum Gasteiger partial charge on any atom is 0.265 e. The molecular weight excluding hydrogens is 360 g/mol. The minimum Gasteiger partial charge on any atom is -0.482 e. The van der Waals surface area contributed by atoms with Crippen LogP contribution in [-0.4, -0.2) is 31.0 Å². The molecule has 1 heterocycles. The Morgan fingerprint density at radius 3 is 2.91 bits per heavy atom. The molecule has 1 atom stereocenters. The molecule has 0 fully saturated rings. The van der Waals surface area contributed by atoms with Gasteiger partial charge in [-0.1, -0.05) is 42.6 Å². The minimum absolute atomic E-state index is 0.0272. The van der Waals surface area contributed by atoms with Crippen molar-refractivity contribution in [3.05, 3.63) is 22.7 Å². The molecule has 1 aromatic rings. The Balaban J connectivity index is 2.04. The molecule has 23 heavy (non-hydrogen) atoms. The van der Waals surface area contributed by atoms with Crippen molar-refractivity contribution in [3.8, 4) is 5.75 Å². The third-order valence-corrected chi connectivity index (χ3v) is 4.42. The zero-order valence-corrected chi connectivity index (χ0v) is 15.2. The number of carbonyl (C=O) groups is 2. The van der Waals surface area contributed by atoms with Crippen molar-refractivity contribution in [2.24, 2.45) is 0 Å². The molecule has 2 amide bonds. The Morgan fingerprint density at radius 1 is 1.43 bits per heavy atom. The lowest BCUT2D eigenvalue weighted by molar-refractivity contribution is -0.125. The molecule has 1 aromatic carbocycles. The van der Waals surface area contributed by atoms with E-state index in [1.807, 2.05) is 12.1 Å². The molecular formula is C17H23BrN2O3. The fourth-order valence-corrected chi connectivity index (χ4v) is 2.94. The topological polar surface area (TPSA) is 58.6 Å². The van der Waals surface area contributed by atoms with Gasteiger partial charge in [-0.05, 0) is 31.0 Å². The molecule has 1 unspecified atom stereocenters. The summed E-state index contributed by atoms with van der Waals surface area (Å²) in [6.07, 6.45) is 4.06. The van der Waals surface area contributed by atoms with E-state index >= 15 is 0 Å². The second kappa shape index (κ2) is 8.34. The Bertz CT molecular complexity index is 577. The fraction of sp³-hybridized carbons (Fsp3) is 0.529. The molecule has 1 N–H and O–H groups in total. The molecule has 0 aliphatic carbocycles. The number of carbonyl (C=O) groups excluding carboxylic acids is 2. The van der Waals surface area contributed by atoms with Crippen molar-refractivity contribution < 1.29 is 14.3 Å². The second-order valence-electron chi connectivity index (χ2n) is 5.70. The van der Waals surface area contributed by atoms with Gasteiger partial charge in [-0.3, -0.25) is 14.5 Å². The highest BCUT2D eigenvalue weighted by Gasteiger charge is 2.27. The highest BCUT2D eigenvalue weighted by atomic mass is 79.9. The Morgan fingerprint density at radius 2 is 2.22 bits per heavy atom. The van der Waals surface area contributed by atoms with Crippen LogP contribution in [0.25, 0.3) is 0 Å². The molecule has 0 saturated heterocycles. The third-order valence-electron chi connectivity index (χ3n) is 3.93. The van der Waals surface area contributed by atoms with Crippen LogP contribution in [0.1, 0.15) is 39.5 Å². The van der Waals surface area contributed by atoms with E-state index in [0.29, 0.717) is 11.4 Å². The molecule has 0 bridgehead atoms. The van der Waals surface area contributed by atoms with Crippen LogP contribution < -0.4 is 15.0 Å². The molecule has 6 heteroatoms. The smallest absolute Gasteiger partial charge is 0.265 e. The summed E-state index contributed by atoms with van der Waals surface area (Å²) < 4.78 is 6.31. The van der Waals surface area contributed by atoms with Crippen LogP contribution >= 0.6 is 15.9 Å². The number of hydrogen-bond donors (Lipinski definition) is 1. The van der Waals surface area contributed by atoms with Gasteiger partial charge in [0.2, 0.25) is 5.91 Å². The van der Waals surface area contributed by atoms with Crippen LogP contribution in [0.15, 0.2) is 22.7 Å². The van der Waals surface area contributed by atoms with Gasteiger partial charge in [0, 0.05) is 10.5 Å². The van der Waals surface area contributed by atoms with E-state index in [9.17, 15) is 9.59 Å². The normalized spacial score (nSPS) is 14.9. The number of hydrogen-bond acceptors (Lipinski definition) is 3. The maximum atomic E-state index is 12.3. The Labute approximate surface area is 145 Å². The molecule has 5 nitrogen and oxygen atoms in total. The van der Waals surface area contributed by atoms with Crippen LogP contribution in [0.5, 0.6) is 5.75 Å². The predicted octanol–water partition coefficient (Wildman–Crippen LogP) is 3.26. The van der Waals surface area contributed by atoms with Gasteiger partial charge in [-0.25, -0.2) is 0 Å². The zero-order valence-electron chi connectivity index (χ0n) is 13.6. The SMILES string of the molecule is CCCCC(CC)NC(=O)CN1C(=O)COc2cc(Br)ccc21. The molecule has 0 aromatic heterocycles. The number of amides is 2. The Hall–Kier alpha value is -1.56. The summed E-state index contributed by atoms with van der Waals surface area (Å²) >= 11 is 3.38. The quantitative estimate of drug-likeness (QED) is 0.786. The minimum atomic E-state index is -0.198. The fourth-order valence-electron chi connectivity index (χ4n) is 2.60. The summed E-state index contributed by atoms with van der Waals surface area (Å²) in [5.74, 6) is 0.290. The second-order valence-corrected chi connectivity index (χ2v) is 6.61. The molecule has 0 radical (unpaired) electrons. The molecule has 126 valence electrons. The van der Waals surface area contributed by atoms with Gasteiger partial charge in [0.05, 0.1) is 5.69 Å². The van der Waals surface area contributed by atoms with Crippen LogP contribution in [0.3, 0.4) is 0 Å². The summed E-state index contributed by atoms with van der Waals surface area (Å²) in [7, 11) is 0. The van der Waals surface area contributed by atoms with Crippen molar-refractivity contribution in [1.82, 2.24) is 5.32 Å². The number of halogens is 1. The Kier molecular flexibility index (Phi) is 6.45. The van der Waals surface area contributed by atoms with Crippen molar-refractivity contribution in [2.75, 3.05) is 18.1 Å². The van der Waals surface area contributed by atoms with Crippen molar-refractivity contribution in [3.63, 3.8) is 0 Å². The lowest BCUT2D eigenvalue weighted by Gasteiger charge is -2.29. The zero-order chi connectivity index (χ0) is 16.8. The predicted molar refractivity (Wildman–Crippen MR) is 93.7 cm³/mol. The molecule has 2 rings (SSSR count). The van der Waals surface area contributed by atoms with Crippen molar-refractivity contribution in [1.29, 1.82) is 0 Å². The number of benzene rings is 1. The summed E-state index contributed by atoms with van der Waals surface area (Å²) in [5.41, 5.74) is 0.640. The van der Waals surface area contributed by atoms with Gasteiger partial charge in [0.1, 0.15) is 12.3 Å². The highest BCUT2D eigenvalue weighted by Crippen LogP contribution is 2.34. The summed E-state index contributed by atoms with van der Waals surface area (Å²) in [5, 5.41) is 3.03. The van der Waals surface area contributed by atoms with Crippen LogP contribution in [-0.2, 0) is 9.59 Å². The number of rotatable bonds is 7. The van der Waals surface area contributed by atoms with Crippen LogP contribution in [0.2, 0.25) is 0 Å².